The molecule has 178 valence electrons. The zero-order valence-corrected chi connectivity index (χ0v) is 18.9. The van der Waals surface area contributed by atoms with E-state index in [4.69, 9.17) is 14.2 Å². The molecule has 1 fully saturated rings. The van der Waals surface area contributed by atoms with Gasteiger partial charge in [0.1, 0.15) is 11.6 Å². The number of carbonyl (C=O) groups is 1. The number of hydrogen-bond acceptors (Lipinski definition) is 4. The van der Waals surface area contributed by atoms with Crippen LogP contribution in [0.3, 0.4) is 0 Å². The molecule has 4 nitrogen and oxygen atoms in total. The Bertz CT molecular complexity index is 1170. The first-order valence-corrected chi connectivity index (χ1v) is 11.1. The van der Waals surface area contributed by atoms with Crippen molar-refractivity contribution < 1.29 is 32.2 Å². The molecule has 1 aliphatic carbocycles. The molecule has 0 N–H and O–H groups in total. The summed E-state index contributed by atoms with van der Waals surface area (Å²) in [6.07, 6.45) is 3.13. The second kappa shape index (κ2) is 10.3. The highest BCUT2D eigenvalue weighted by Crippen LogP contribution is 2.37. The molecule has 0 unspecified atom stereocenters. The molecule has 0 heterocycles. The molecule has 1 aliphatic rings. The van der Waals surface area contributed by atoms with Crippen LogP contribution in [0.4, 0.5) is 13.2 Å². The number of benzene rings is 3. The lowest BCUT2D eigenvalue weighted by Crippen LogP contribution is -2.20. The van der Waals surface area contributed by atoms with Gasteiger partial charge in [0.25, 0.3) is 0 Å². The Morgan fingerprint density at radius 1 is 0.853 bits per heavy atom. The van der Waals surface area contributed by atoms with Gasteiger partial charge >= 0.3 is 5.97 Å². The third kappa shape index (κ3) is 4.94. The van der Waals surface area contributed by atoms with Crippen molar-refractivity contribution >= 4 is 5.97 Å². The van der Waals surface area contributed by atoms with E-state index in [9.17, 15) is 18.0 Å². The van der Waals surface area contributed by atoms with Crippen LogP contribution in [0.5, 0.6) is 11.5 Å². The van der Waals surface area contributed by atoms with Gasteiger partial charge in [-0.3, -0.25) is 0 Å². The number of rotatable bonds is 6. The van der Waals surface area contributed by atoms with Crippen LogP contribution in [0, 0.1) is 17.5 Å². The van der Waals surface area contributed by atoms with Gasteiger partial charge in [-0.1, -0.05) is 18.2 Å². The van der Waals surface area contributed by atoms with Crippen molar-refractivity contribution in [3.8, 4) is 22.6 Å². The highest BCUT2D eigenvalue weighted by atomic mass is 19.2. The minimum absolute atomic E-state index is 0.100. The van der Waals surface area contributed by atoms with Crippen LogP contribution in [-0.2, 0) is 4.74 Å². The Morgan fingerprint density at radius 2 is 1.56 bits per heavy atom. The van der Waals surface area contributed by atoms with Gasteiger partial charge in [0.15, 0.2) is 11.6 Å². The third-order valence-electron chi connectivity index (χ3n) is 6.33. The van der Waals surface area contributed by atoms with Gasteiger partial charge in [-0.05, 0) is 73.1 Å². The largest absolute Gasteiger partial charge is 0.497 e. The fraction of sp³-hybridized carbons (Fsp3) is 0.296. The maximum absolute atomic E-state index is 14.8. The quantitative estimate of drug-likeness (QED) is 0.298. The zero-order chi connectivity index (χ0) is 24.2. The number of halogens is 3. The van der Waals surface area contributed by atoms with Crippen molar-refractivity contribution in [1.29, 1.82) is 0 Å². The zero-order valence-electron chi connectivity index (χ0n) is 18.9. The Balaban J connectivity index is 1.47. The number of carbonyl (C=O) groups excluding carboxylic acids is 1. The molecule has 3 aromatic carbocycles. The van der Waals surface area contributed by atoms with Crippen LogP contribution >= 0.6 is 0 Å². The van der Waals surface area contributed by atoms with Gasteiger partial charge in [-0.25, -0.2) is 13.6 Å². The molecule has 1 saturated carbocycles. The molecule has 0 aromatic heterocycles. The molecule has 0 atom stereocenters. The Morgan fingerprint density at radius 3 is 2.18 bits per heavy atom. The van der Waals surface area contributed by atoms with Crippen LogP contribution < -0.4 is 9.47 Å². The van der Waals surface area contributed by atoms with Crippen LogP contribution in [0.25, 0.3) is 11.1 Å². The first kappa shape index (κ1) is 23.8. The van der Waals surface area contributed by atoms with Crippen LogP contribution in [0.2, 0.25) is 0 Å². The number of hydrogen-bond donors (Lipinski definition) is 0. The standard InChI is InChI=1S/C27H25F3O4/c1-32-19-9-7-17(8-10-19)22-13-14-24(26(30)25(22)29)34-27(31)18-5-3-16(4-6-18)21-12-11-20(33-2)15-23(21)28/h3-6,11-15,17,19H,7-10H2,1-2H3. The van der Waals surface area contributed by atoms with Gasteiger partial charge < -0.3 is 14.2 Å². The molecule has 0 saturated heterocycles. The van der Waals surface area contributed by atoms with E-state index in [1.807, 2.05) is 0 Å². The molecule has 7 heteroatoms. The summed E-state index contributed by atoms with van der Waals surface area (Å²) < 4.78 is 59.2. The average molecular weight is 470 g/mol. The van der Waals surface area contributed by atoms with Gasteiger partial charge in [0.2, 0.25) is 5.82 Å². The van der Waals surface area contributed by atoms with Crippen LogP contribution in [0.1, 0.15) is 47.5 Å². The molecule has 0 amide bonds. The molecule has 34 heavy (non-hydrogen) atoms. The van der Waals surface area contributed by atoms with E-state index < -0.39 is 29.2 Å². The monoisotopic (exact) mass is 470 g/mol. The molecule has 0 radical (unpaired) electrons. The van der Waals surface area contributed by atoms with Crippen molar-refractivity contribution in [3.05, 3.63) is 83.2 Å². The molecule has 4 rings (SSSR count). The number of ether oxygens (including phenoxy) is 3. The third-order valence-corrected chi connectivity index (χ3v) is 6.33. The lowest BCUT2D eigenvalue weighted by Gasteiger charge is -2.28. The second-order valence-electron chi connectivity index (χ2n) is 8.30. The second-order valence-corrected chi connectivity index (χ2v) is 8.30. The first-order valence-electron chi connectivity index (χ1n) is 11.1. The van der Waals surface area contributed by atoms with Crippen molar-refractivity contribution in [2.45, 2.75) is 37.7 Å². The summed E-state index contributed by atoms with van der Waals surface area (Å²) in [7, 11) is 3.10. The summed E-state index contributed by atoms with van der Waals surface area (Å²) >= 11 is 0. The van der Waals surface area contributed by atoms with E-state index in [0.717, 1.165) is 12.8 Å². The highest BCUT2D eigenvalue weighted by Gasteiger charge is 2.27. The smallest absolute Gasteiger partial charge is 0.343 e. The maximum Gasteiger partial charge on any atom is 0.343 e. The molecular formula is C27H25F3O4. The normalized spacial score (nSPS) is 17.9. The predicted octanol–water partition coefficient (Wildman–Crippen LogP) is 6.67. The summed E-state index contributed by atoms with van der Waals surface area (Å²) in [6.45, 7) is 0. The fourth-order valence-corrected chi connectivity index (χ4v) is 4.35. The Labute approximate surface area is 196 Å². The van der Waals surface area contributed by atoms with E-state index in [2.05, 4.69) is 0 Å². The lowest BCUT2D eigenvalue weighted by molar-refractivity contribution is 0.0653. The van der Waals surface area contributed by atoms with Gasteiger partial charge in [-0.2, -0.15) is 4.39 Å². The van der Waals surface area contributed by atoms with Gasteiger partial charge in [0.05, 0.1) is 18.8 Å². The number of methoxy groups -OCH3 is 2. The SMILES string of the molecule is COc1ccc(-c2ccc(C(=O)Oc3ccc(C4CCC(OC)CC4)c(F)c3F)cc2)c(F)c1. The summed E-state index contributed by atoms with van der Waals surface area (Å²) in [4.78, 5) is 12.5. The van der Waals surface area contributed by atoms with Crippen LogP contribution in [0.15, 0.2) is 54.6 Å². The minimum Gasteiger partial charge on any atom is -0.497 e. The van der Waals surface area contributed by atoms with E-state index in [1.165, 1.54) is 37.4 Å². The molecule has 0 bridgehead atoms. The van der Waals surface area contributed by atoms with Crippen molar-refractivity contribution in [2.24, 2.45) is 0 Å². The predicted molar refractivity (Wildman–Crippen MR) is 122 cm³/mol. The van der Waals surface area contributed by atoms with E-state index in [1.54, 1.807) is 31.4 Å². The minimum atomic E-state index is -1.18. The summed E-state index contributed by atoms with van der Waals surface area (Å²) in [5, 5.41) is 0. The Hall–Kier alpha value is -3.32. The molecular weight excluding hydrogens is 445 g/mol. The molecule has 3 aromatic rings. The fourth-order valence-electron chi connectivity index (χ4n) is 4.35. The van der Waals surface area contributed by atoms with Gasteiger partial charge in [0, 0.05) is 18.7 Å². The van der Waals surface area contributed by atoms with E-state index >= 15 is 0 Å². The maximum atomic E-state index is 14.8. The van der Waals surface area contributed by atoms with E-state index in [0.29, 0.717) is 29.7 Å². The average Bonchev–Trinajstić information content (AvgIpc) is 2.87. The van der Waals surface area contributed by atoms with Crippen molar-refractivity contribution in [1.82, 2.24) is 0 Å². The summed E-state index contributed by atoms with van der Waals surface area (Å²) in [5.74, 6) is -3.66. The van der Waals surface area contributed by atoms with Crippen molar-refractivity contribution in [3.63, 3.8) is 0 Å². The topological polar surface area (TPSA) is 44.8 Å². The first-order chi connectivity index (χ1) is 16.4. The van der Waals surface area contributed by atoms with E-state index in [-0.39, 0.29) is 23.1 Å². The molecule has 0 spiro atoms. The number of esters is 1. The Kier molecular flexibility index (Phi) is 7.22. The summed E-state index contributed by atoms with van der Waals surface area (Å²) in [6, 6.07) is 13.2. The highest BCUT2D eigenvalue weighted by molar-refractivity contribution is 5.91. The lowest BCUT2D eigenvalue weighted by atomic mass is 9.82. The summed E-state index contributed by atoms with van der Waals surface area (Å²) in [5.41, 5.74) is 1.29. The van der Waals surface area contributed by atoms with Crippen LogP contribution in [-0.4, -0.2) is 26.3 Å². The molecule has 0 aliphatic heterocycles. The van der Waals surface area contributed by atoms with Gasteiger partial charge in [-0.15, -0.1) is 0 Å². The van der Waals surface area contributed by atoms with Crippen molar-refractivity contribution in [2.75, 3.05) is 14.2 Å².